The average molecular weight is 273 g/mol. The summed E-state index contributed by atoms with van der Waals surface area (Å²) in [6.07, 6.45) is 2.51. The van der Waals surface area contributed by atoms with Crippen molar-refractivity contribution in [3.05, 3.63) is 40.3 Å². The van der Waals surface area contributed by atoms with Crippen LogP contribution in [0.25, 0.3) is 10.8 Å². The Morgan fingerprint density at radius 1 is 1.35 bits per heavy atom. The Bertz CT molecular complexity index is 713. The molecule has 0 aliphatic heterocycles. The third kappa shape index (κ3) is 1.98. The summed E-state index contributed by atoms with van der Waals surface area (Å²) in [6, 6.07) is 6.84. The maximum atomic E-state index is 12.3. The number of benzene rings is 1. The third-order valence-electron chi connectivity index (χ3n) is 3.90. The number of nitrogens with zero attached hydrogens (tertiary/aromatic N) is 1. The van der Waals surface area contributed by atoms with Crippen LogP contribution in [0.5, 0.6) is 0 Å². The van der Waals surface area contributed by atoms with Crippen molar-refractivity contribution in [3.63, 3.8) is 0 Å². The monoisotopic (exact) mass is 273 g/mol. The number of amides is 1. The standard InChI is InChI=1S/C14H15N3O3/c18-8-14(6-3-7-14)15-13(20)11-9-4-1-2-5-10(9)12(19)17-16-11/h1-2,4-5,18H,3,6-8H2,(H,15,20)(H,17,19). The molecular formula is C14H15N3O3. The summed E-state index contributed by atoms with van der Waals surface area (Å²) in [6.45, 7) is -0.0833. The molecule has 1 saturated carbocycles. The largest absolute Gasteiger partial charge is 0.394 e. The highest BCUT2D eigenvalue weighted by atomic mass is 16.3. The van der Waals surface area contributed by atoms with Crippen LogP contribution in [-0.4, -0.2) is 33.4 Å². The zero-order valence-corrected chi connectivity index (χ0v) is 10.8. The molecule has 1 aliphatic rings. The van der Waals surface area contributed by atoms with Crippen molar-refractivity contribution in [3.8, 4) is 0 Å². The van der Waals surface area contributed by atoms with Gasteiger partial charge < -0.3 is 10.4 Å². The Balaban J connectivity index is 2.00. The summed E-state index contributed by atoms with van der Waals surface area (Å²) < 4.78 is 0. The predicted molar refractivity (Wildman–Crippen MR) is 73.5 cm³/mol. The highest BCUT2D eigenvalue weighted by Crippen LogP contribution is 2.31. The minimum absolute atomic E-state index is 0.0833. The third-order valence-corrected chi connectivity index (χ3v) is 3.90. The molecule has 0 saturated heterocycles. The number of carbonyl (C=O) groups excluding carboxylic acids is 1. The maximum Gasteiger partial charge on any atom is 0.272 e. The lowest BCUT2D eigenvalue weighted by Gasteiger charge is -2.40. The second-order valence-corrected chi connectivity index (χ2v) is 5.19. The van der Waals surface area contributed by atoms with Gasteiger partial charge in [0.2, 0.25) is 0 Å². The summed E-state index contributed by atoms with van der Waals surface area (Å²) in [5.41, 5.74) is -0.673. The Kier molecular flexibility index (Phi) is 3.02. The molecule has 104 valence electrons. The fourth-order valence-electron chi connectivity index (χ4n) is 2.51. The van der Waals surface area contributed by atoms with E-state index in [9.17, 15) is 14.7 Å². The number of nitrogens with one attached hydrogen (secondary N) is 2. The van der Waals surface area contributed by atoms with E-state index < -0.39 is 5.54 Å². The highest BCUT2D eigenvalue weighted by Gasteiger charge is 2.38. The normalized spacial score (nSPS) is 16.6. The molecule has 20 heavy (non-hydrogen) atoms. The molecule has 1 fully saturated rings. The average Bonchev–Trinajstić information content (AvgIpc) is 2.43. The van der Waals surface area contributed by atoms with Gasteiger partial charge in [0.05, 0.1) is 17.5 Å². The van der Waals surface area contributed by atoms with E-state index in [4.69, 9.17) is 0 Å². The SMILES string of the molecule is O=C(NC1(CO)CCC1)c1n[nH]c(=O)c2ccccc12. The van der Waals surface area contributed by atoms with Crippen molar-refractivity contribution in [2.24, 2.45) is 0 Å². The quantitative estimate of drug-likeness (QED) is 0.761. The number of hydrogen-bond donors (Lipinski definition) is 3. The van der Waals surface area contributed by atoms with Crippen LogP contribution in [0.2, 0.25) is 0 Å². The first-order chi connectivity index (χ1) is 9.65. The lowest BCUT2D eigenvalue weighted by atomic mass is 9.77. The number of H-pyrrole nitrogens is 1. The molecule has 1 aliphatic carbocycles. The lowest BCUT2D eigenvalue weighted by Crippen LogP contribution is -2.56. The summed E-state index contributed by atoms with van der Waals surface area (Å²) >= 11 is 0. The number of aromatic amines is 1. The van der Waals surface area contributed by atoms with Crippen molar-refractivity contribution in [1.82, 2.24) is 15.5 Å². The molecule has 2 aromatic rings. The molecule has 0 unspecified atom stereocenters. The maximum absolute atomic E-state index is 12.3. The first-order valence-corrected chi connectivity index (χ1v) is 6.56. The number of aliphatic hydroxyl groups is 1. The molecule has 6 heteroatoms. The molecule has 3 N–H and O–H groups in total. The van der Waals surface area contributed by atoms with Crippen LogP contribution >= 0.6 is 0 Å². The van der Waals surface area contributed by atoms with E-state index in [2.05, 4.69) is 15.5 Å². The first kappa shape index (κ1) is 12.8. The highest BCUT2D eigenvalue weighted by molar-refractivity contribution is 6.05. The Morgan fingerprint density at radius 2 is 2.05 bits per heavy atom. The molecule has 1 aromatic carbocycles. The Hall–Kier alpha value is -2.21. The van der Waals surface area contributed by atoms with Gasteiger partial charge in [0.25, 0.3) is 11.5 Å². The van der Waals surface area contributed by atoms with E-state index in [0.717, 1.165) is 19.3 Å². The Labute approximate surface area is 114 Å². The van der Waals surface area contributed by atoms with Gasteiger partial charge in [-0.2, -0.15) is 5.10 Å². The van der Waals surface area contributed by atoms with Crippen molar-refractivity contribution in [2.75, 3.05) is 6.61 Å². The van der Waals surface area contributed by atoms with E-state index in [1.54, 1.807) is 24.3 Å². The van der Waals surface area contributed by atoms with Crippen molar-refractivity contribution in [1.29, 1.82) is 0 Å². The second-order valence-electron chi connectivity index (χ2n) is 5.19. The number of aromatic nitrogens is 2. The van der Waals surface area contributed by atoms with E-state index in [1.165, 1.54) is 0 Å². The van der Waals surface area contributed by atoms with Gasteiger partial charge in [0.1, 0.15) is 0 Å². The number of hydrogen-bond acceptors (Lipinski definition) is 4. The number of aliphatic hydroxyl groups excluding tert-OH is 1. The van der Waals surface area contributed by atoms with E-state index >= 15 is 0 Å². The number of fused-ring (bicyclic) bond motifs is 1. The van der Waals surface area contributed by atoms with Crippen molar-refractivity contribution in [2.45, 2.75) is 24.8 Å². The molecule has 6 nitrogen and oxygen atoms in total. The van der Waals surface area contributed by atoms with E-state index in [-0.39, 0.29) is 23.8 Å². The number of rotatable bonds is 3. The van der Waals surface area contributed by atoms with Gasteiger partial charge in [-0.1, -0.05) is 18.2 Å². The molecule has 1 aromatic heterocycles. The molecule has 1 amide bonds. The zero-order chi connectivity index (χ0) is 14.2. The van der Waals surface area contributed by atoms with E-state index in [0.29, 0.717) is 10.8 Å². The van der Waals surface area contributed by atoms with Crippen LogP contribution in [0, 0.1) is 0 Å². The molecule has 0 atom stereocenters. The topological polar surface area (TPSA) is 95.1 Å². The molecular weight excluding hydrogens is 258 g/mol. The molecule has 1 heterocycles. The fourth-order valence-corrected chi connectivity index (χ4v) is 2.51. The first-order valence-electron chi connectivity index (χ1n) is 6.56. The minimum atomic E-state index is -0.532. The van der Waals surface area contributed by atoms with Crippen LogP contribution < -0.4 is 10.9 Å². The van der Waals surface area contributed by atoms with Gasteiger partial charge in [-0.15, -0.1) is 0 Å². The predicted octanol–water partition coefficient (Wildman–Crippen LogP) is 0.568. The van der Waals surface area contributed by atoms with Gasteiger partial charge in [-0.3, -0.25) is 9.59 Å². The van der Waals surface area contributed by atoms with Gasteiger partial charge in [-0.25, -0.2) is 5.10 Å². The molecule has 0 spiro atoms. The fraction of sp³-hybridized carbons (Fsp3) is 0.357. The van der Waals surface area contributed by atoms with Crippen molar-refractivity contribution >= 4 is 16.7 Å². The van der Waals surface area contributed by atoms with Gasteiger partial charge >= 0.3 is 0 Å². The second kappa shape index (κ2) is 4.72. The van der Waals surface area contributed by atoms with Gasteiger partial charge in [0, 0.05) is 5.39 Å². The summed E-state index contributed by atoms with van der Waals surface area (Å²) in [5.74, 6) is -0.369. The lowest BCUT2D eigenvalue weighted by molar-refractivity contribution is 0.0638. The summed E-state index contributed by atoms with van der Waals surface area (Å²) in [4.78, 5) is 24.0. The summed E-state index contributed by atoms with van der Waals surface area (Å²) in [5, 5.41) is 19.4. The smallest absolute Gasteiger partial charge is 0.272 e. The van der Waals surface area contributed by atoms with Gasteiger partial charge in [0.15, 0.2) is 5.69 Å². The van der Waals surface area contributed by atoms with Crippen LogP contribution in [0.15, 0.2) is 29.1 Å². The van der Waals surface area contributed by atoms with Gasteiger partial charge in [-0.05, 0) is 25.3 Å². The molecule has 3 rings (SSSR count). The molecule has 0 radical (unpaired) electrons. The number of carbonyl (C=O) groups is 1. The van der Waals surface area contributed by atoms with Crippen LogP contribution in [0.4, 0.5) is 0 Å². The van der Waals surface area contributed by atoms with Crippen LogP contribution in [-0.2, 0) is 0 Å². The molecule has 0 bridgehead atoms. The zero-order valence-electron chi connectivity index (χ0n) is 10.8. The minimum Gasteiger partial charge on any atom is -0.394 e. The van der Waals surface area contributed by atoms with E-state index in [1.807, 2.05) is 0 Å². The Morgan fingerprint density at radius 3 is 2.65 bits per heavy atom. The van der Waals surface area contributed by atoms with Crippen LogP contribution in [0.3, 0.4) is 0 Å². The van der Waals surface area contributed by atoms with Crippen LogP contribution in [0.1, 0.15) is 29.8 Å². The van der Waals surface area contributed by atoms with Crippen molar-refractivity contribution < 1.29 is 9.90 Å². The summed E-state index contributed by atoms with van der Waals surface area (Å²) in [7, 11) is 0.